The fourth-order valence-corrected chi connectivity index (χ4v) is 1.33. The first-order valence-electron chi connectivity index (χ1n) is 5.45. The van der Waals surface area contributed by atoms with Gasteiger partial charge in [0.05, 0.1) is 10.8 Å². The quantitative estimate of drug-likeness (QED) is 0.349. The second-order valence-electron chi connectivity index (χ2n) is 3.95. The van der Waals surface area contributed by atoms with E-state index in [-0.39, 0.29) is 17.4 Å². The first-order valence-corrected chi connectivity index (χ1v) is 5.45. The Morgan fingerprint density at radius 3 is 2.59 bits per heavy atom. The van der Waals surface area contributed by atoms with Crippen LogP contribution in [0.25, 0.3) is 0 Å². The number of nitro benzene ring substituents is 1. The van der Waals surface area contributed by atoms with Crippen LogP contribution in [0.1, 0.15) is 26.3 Å². The van der Waals surface area contributed by atoms with Gasteiger partial charge in [0.25, 0.3) is 0 Å². The third-order valence-corrected chi connectivity index (χ3v) is 2.33. The molecule has 0 aliphatic carbocycles. The summed E-state index contributed by atoms with van der Waals surface area (Å²) < 4.78 is 5.11. The molecule has 1 aromatic carbocycles. The zero-order valence-corrected chi connectivity index (χ0v) is 10.1. The molecule has 0 heterocycles. The summed E-state index contributed by atoms with van der Waals surface area (Å²) in [4.78, 5) is 21.8. The van der Waals surface area contributed by atoms with Crippen molar-refractivity contribution in [2.45, 2.75) is 27.2 Å². The summed E-state index contributed by atoms with van der Waals surface area (Å²) in [5.41, 5.74) is 0.492. The molecule has 1 aromatic rings. The maximum atomic E-state index is 11.5. The first kappa shape index (κ1) is 13.2. The summed E-state index contributed by atoms with van der Waals surface area (Å²) in [6.07, 6.45) is 0.572. The molecule has 0 aliphatic heterocycles. The average molecular weight is 237 g/mol. The molecule has 0 saturated heterocycles. The van der Waals surface area contributed by atoms with E-state index in [2.05, 4.69) is 0 Å². The van der Waals surface area contributed by atoms with E-state index in [0.717, 1.165) is 0 Å². The van der Waals surface area contributed by atoms with Crippen LogP contribution in [0, 0.1) is 16.0 Å². The van der Waals surface area contributed by atoms with Gasteiger partial charge in [-0.15, -0.1) is 0 Å². The molecule has 0 fully saturated rings. The monoisotopic (exact) mass is 237 g/mol. The van der Waals surface area contributed by atoms with Gasteiger partial charge in [0, 0.05) is 11.6 Å². The Balaban J connectivity index is 3.18. The van der Waals surface area contributed by atoms with Crippen LogP contribution in [0.5, 0.6) is 5.75 Å². The highest BCUT2D eigenvalue weighted by molar-refractivity contribution is 5.76. The number of aryl methyl sites for hydroxylation is 1. The smallest absolute Gasteiger partial charge is 0.314 e. The van der Waals surface area contributed by atoms with Crippen molar-refractivity contribution in [3.63, 3.8) is 0 Å². The van der Waals surface area contributed by atoms with Crippen molar-refractivity contribution >= 4 is 11.7 Å². The van der Waals surface area contributed by atoms with E-state index in [0.29, 0.717) is 12.0 Å². The summed E-state index contributed by atoms with van der Waals surface area (Å²) in [6.45, 7) is 5.22. The minimum absolute atomic E-state index is 0.0682. The van der Waals surface area contributed by atoms with E-state index in [4.69, 9.17) is 4.74 Å². The Hall–Kier alpha value is -1.91. The molecule has 0 amide bonds. The lowest BCUT2D eigenvalue weighted by molar-refractivity contribution is -0.385. The highest BCUT2D eigenvalue weighted by atomic mass is 16.6. The largest absolute Gasteiger partial charge is 0.419 e. The molecule has 0 N–H and O–H groups in total. The fraction of sp³-hybridized carbons (Fsp3) is 0.417. The Morgan fingerprint density at radius 1 is 1.47 bits per heavy atom. The number of para-hydroxylation sites is 1. The van der Waals surface area contributed by atoms with Gasteiger partial charge in [-0.1, -0.05) is 32.9 Å². The Labute approximate surface area is 99.5 Å². The van der Waals surface area contributed by atoms with Crippen molar-refractivity contribution in [2.24, 2.45) is 5.92 Å². The molecule has 1 rings (SSSR count). The number of carbonyl (C=O) groups excluding carboxylic acids is 1. The van der Waals surface area contributed by atoms with Gasteiger partial charge in [-0.05, 0) is 6.42 Å². The fourth-order valence-electron chi connectivity index (χ4n) is 1.33. The zero-order valence-electron chi connectivity index (χ0n) is 10.1. The van der Waals surface area contributed by atoms with Crippen molar-refractivity contribution in [3.8, 4) is 5.75 Å². The van der Waals surface area contributed by atoms with E-state index in [1.807, 2.05) is 6.92 Å². The molecule has 0 atom stereocenters. The third kappa shape index (κ3) is 3.03. The lowest BCUT2D eigenvalue weighted by Crippen LogP contribution is -2.16. The number of nitrogens with zero attached hydrogens (tertiary/aromatic N) is 1. The molecule has 0 radical (unpaired) electrons. The molecule has 0 aliphatic rings. The number of carbonyl (C=O) groups is 1. The Morgan fingerprint density at radius 2 is 2.12 bits per heavy atom. The highest BCUT2D eigenvalue weighted by Crippen LogP contribution is 2.31. The normalized spacial score (nSPS) is 10.4. The van der Waals surface area contributed by atoms with Gasteiger partial charge >= 0.3 is 11.7 Å². The number of esters is 1. The van der Waals surface area contributed by atoms with E-state index in [9.17, 15) is 14.9 Å². The van der Waals surface area contributed by atoms with Crippen LogP contribution in [0.15, 0.2) is 18.2 Å². The summed E-state index contributed by atoms with van der Waals surface area (Å²) >= 11 is 0. The Bertz CT molecular complexity index is 440. The molecule has 0 aromatic heterocycles. The molecule has 0 bridgehead atoms. The molecule has 5 heteroatoms. The van der Waals surface area contributed by atoms with E-state index >= 15 is 0 Å². The maximum absolute atomic E-state index is 11.5. The summed E-state index contributed by atoms with van der Waals surface area (Å²) in [5, 5.41) is 10.9. The lowest BCUT2D eigenvalue weighted by atomic mass is 10.1. The summed E-state index contributed by atoms with van der Waals surface area (Å²) in [5.74, 6) is -0.716. The molecular weight excluding hydrogens is 222 g/mol. The summed E-state index contributed by atoms with van der Waals surface area (Å²) in [6, 6.07) is 4.64. The van der Waals surface area contributed by atoms with Crippen LogP contribution in [-0.2, 0) is 11.2 Å². The van der Waals surface area contributed by atoms with Crippen LogP contribution in [0.4, 0.5) is 5.69 Å². The number of hydrogen-bond donors (Lipinski definition) is 0. The van der Waals surface area contributed by atoms with Crippen LogP contribution in [-0.4, -0.2) is 10.9 Å². The van der Waals surface area contributed by atoms with Gasteiger partial charge < -0.3 is 4.74 Å². The van der Waals surface area contributed by atoms with Crippen molar-refractivity contribution in [1.29, 1.82) is 0 Å². The number of ether oxygens (including phenoxy) is 1. The maximum Gasteiger partial charge on any atom is 0.314 e. The van der Waals surface area contributed by atoms with E-state index < -0.39 is 10.9 Å². The van der Waals surface area contributed by atoms with Gasteiger partial charge in [0.2, 0.25) is 5.75 Å². The first-order chi connectivity index (χ1) is 7.97. The van der Waals surface area contributed by atoms with Gasteiger partial charge in [0.15, 0.2) is 0 Å². The molecule has 5 nitrogen and oxygen atoms in total. The minimum Gasteiger partial charge on any atom is -0.419 e. The average Bonchev–Trinajstić information content (AvgIpc) is 2.28. The van der Waals surface area contributed by atoms with Gasteiger partial charge in [-0.2, -0.15) is 0 Å². The zero-order chi connectivity index (χ0) is 13.0. The van der Waals surface area contributed by atoms with Crippen LogP contribution in [0.3, 0.4) is 0 Å². The predicted octanol–water partition coefficient (Wildman–Crippen LogP) is 2.72. The van der Waals surface area contributed by atoms with Crippen LogP contribution in [0.2, 0.25) is 0 Å². The molecule has 17 heavy (non-hydrogen) atoms. The number of hydrogen-bond acceptors (Lipinski definition) is 4. The highest BCUT2D eigenvalue weighted by Gasteiger charge is 2.22. The second-order valence-corrected chi connectivity index (χ2v) is 3.95. The molecule has 0 unspecified atom stereocenters. The van der Waals surface area contributed by atoms with Crippen molar-refractivity contribution in [1.82, 2.24) is 0 Å². The predicted molar refractivity (Wildman–Crippen MR) is 62.9 cm³/mol. The Kier molecular flexibility index (Phi) is 4.20. The minimum atomic E-state index is -0.540. The molecular formula is C12H15NO4. The second kappa shape index (κ2) is 5.43. The van der Waals surface area contributed by atoms with Gasteiger partial charge in [-0.25, -0.2) is 0 Å². The number of benzene rings is 1. The van der Waals surface area contributed by atoms with Crippen LogP contribution >= 0.6 is 0 Å². The van der Waals surface area contributed by atoms with Crippen molar-refractivity contribution in [2.75, 3.05) is 0 Å². The molecule has 0 saturated carbocycles. The SMILES string of the molecule is CCc1cccc([N+](=O)[O-])c1OC(=O)C(C)C. The van der Waals surface area contributed by atoms with Gasteiger partial charge in [-0.3, -0.25) is 14.9 Å². The summed E-state index contributed by atoms with van der Waals surface area (Å²) in [7, 11) is 0. The van der Waals surface area contributed by atoms with Crippen molar-refractivity contribution in [3.05, 3.63) is 33.9 Å². The van der Waals surface area contributed by atoms with Crippen molar-refractivity contribution < 1.29 is 14.5 Å². The lowest BCUT2D eigenvalue weighted by Gasteiger charge is -2.10. The molecule has 0 spiro atoms. The van der Waals surface area contributed by atoms with Gasteiger partial charge in [0.1, 0.15) is 0 Å². The number of rotatable bonds is 4. The number of nitro groups is 1. The molecule has 92 valence electrons. The van der Waals surface area contributed by atoms with Crippen LogP contribution < -0.4 is 4.74 Å². The third-order valence-electron chi connectivity index (χ3n) is 2.33. The van der Waals surface area contributed by atoms with E-state index in [1.165, 1.54) is 6.07 Å². The van der Waals surface area contributed by atoms with E-state index in [1.54, 1.807) is 26.0 Å². The standard InChI is InChI=1S/C12H15NO4/c1-4-9-6-5-7-10(13(15)16)11(9)17-12(14)8(2)3/h5-8H,4H2,1-3H3. The topological polar surface area (TPSA) is 69.4 Å².